The molecular formula is C29H28N6OS. The summed E-state index contributed by atoms with van der Waals surface area (Å²) >= 11 is 1.61. The fourth-order valence-corrected chi connectivity index (χ4v) is 5.65. The number of thiazole rings is 1. The maximum Gasteiger partial charge on any atom is 0.225 e. The smallest absolute Gasteiger partial charge is 0.225 e. The van der Waals surface area contributed by atoms with Gasteiger partial charge in [-0.2, -0.15) is 4.98 Å². The summed E-state index contributed by atoms with van der Waals surface area (Å²) in [7, 11) is 0. The molecule has 1 aliphatic carbocycles. The molecule has 5 aromatic rings. The Hall–Kier alpha value is -3.88. The topological polar surface area (TPSA) is 95.8 Å². The molecule has 0 atom stereocenters. The van der Waals surface area contributed by atoms with Crippen LogP contribution in [0.1, 0.15) is 36.9 Å². The standard InChI is InChI=1S/C29H28N6OS/c36-24-9-7-22(8-10-24)31-28-32-23(16-19-4-2-1-3-5-19)18-27(34-28)35-29-33-25-11-6-21(17-26(25)37-29)20-12-14-30-15-13-20/h1-6,11-15,17-18,22,24,36H,7-10,16H2,(H2,31,32,33,34,35). The molecule has 1 fully saturated rings. The first-order valence-electron chi connectivity index (χ1n) is 12.6. The van der Waals surface area contributed by atoms with Crippen molar-refractivity contribution in [1.29, 1.82) is 0 Å². The van der Waals surface area contributed by atoms with Crippen LogP contribution in [0.3, 0.4) is 0 Å². The van der Waals surface area contributed by atoms with Gasteiger partial charge in [-0.3, -0.25) is 4.98 Å². The van der Waals surface area contributed by atoms with Crippen molar-refractivity contribution in [1.82, 2.24) is 19.9 Å². The Kier molecular flexibility index (Phi) is 6.75. The van der Waals surface area contributed by atoms with Gasteiger partial charge in [0, 0.05) is 30.9 Å². The van der Waals surface area contributed by atoms with E-state index in [4.69, 9.17) is 15.0 Å². The number of hydrogen-bond donors (Lipinski definition) is 3. The third-order valence-corrected chi connectivity index (χ3v) is 7.61. The van der Waals surface area contributed by atoms with E-state index in [9.17, 15) is 5.11 Å². The normalized spacial score (nSPS) is 17.5. The first-order valence-corrected chi connectivity index (χ1v) is 13.4. The molecule has 0 amide bonds. The molecule has 3 N–H and O–H groups in total. The summed E-state index contributed by atoms with van der Waals surface area (Å²) in [5, 5.41) is 17.6. The van der Waals surface area contributed by atoms with E-state index in [2.05, 4.69) is 45.9 Å². The fourth-order valence-electron chi connectivity index (χ4n) is 4.74. The lowest BCUT2D eigenvalue weighted by atomic mass is 9.93. The van der Waals surface area contributed by atoms with Gasteiger partial charge >= 0.3 is 0 Å². The summed E-state index contributed by atoms with van der Waals surface area (Å²) in [6.45, 7) is 0. The zero-order valence-electron chi connectivity index (χ0n) is 20.3. The van der Waals surface area contributed by atoms with Crippen molar-refractivity contribution in [2.75, 3.05) is 10.6 Å². The van der Waals surface area contributed by atoms with E-state index in [-0.39, 0.29) is 12.1 Å². The van der Waals surface area contributed by atoms with Crippen LogP contribution in [0.4, 0.5) is 16.9 Å². The molecule has 0 aliphatic heterocycles. The van der Waals surface area contributed by atoms with Crippen molar-refractivity contribution in [3.63, 3.8) is 0 Å². The summed E-state index contributed by atoms with van der Waals surface area (Å²) in [5.41, 5.74) is 5.35. The third kappa shape index (κ3) is 5.76. The van der Waals surface area contributed by atoms with Gasteiger partial charge in [-0.15, -0.1) is 0 Å². The summed E-state index contributed by atoms with van der Waals surface area (Å²) in [6.07, 6.45) is 7.57. The van der Waals surface area contributed by atoms with Crippen LogP contribution < -0.4 is 10.6 Å². The first-order chi connectivity index (χ1) is 18.2. The molecule has 2 aromatic carbocycles. The van der Waals surface area contributed by atoms with Gasteiger partial charge < -0.3 is 15.7 Å². The van der Waals surface area contributed by atoms with Gasteiger partial charge in [0.2, 0.25) is 5.95 Å². The Morgan fingerprint density at radius 2 is 1.65 bits per heavy atom. The number of rotatable bonds is 7. The minimum absolute atomic E-state index is 0.196. The number of pyridine rings is 1. The number of aromatic nitrogens is 4. The second-order valence-corrected chi connectivity index (χ2v) is 10.5. The Morgan fingerprint density at radius 3 is 2.46 bits per heavy atom. The zero-order valence-corrected chi connectivity index (χ0v) is 21.2. The molecule has 0 bridgehead atoms. The van der Waals surface area contributed by atoms with Crippen molar-refractivity contribution in [2.24, 2.45) is 0 Å². The predicted octanol–water partition coefficient (Wildman–Crippen LogP) is 6.20. The van der Waals surface area contributed by atoms with E-state index in [1.165, 1.54) is 5.56 Å². The van der Waals surface area contributed by atoms with Crippen LogP contribution in [0.15, 0.2) is 79.1 Å². The molecule has 6 rings (SSSR count). The number of aliphatic hydroxyl groups excluding tert-OH is 1. The number of fused-ring (bicyclic) bond motifs is 1. The van der Waals surface area contributed by atoms with Gasteiger partial charge in [0.15, 0.2) is 5.13 Å². The summed E-state index contributed by atoms with van der Waals surface area (Å²) < 4.78 is 1.11. The van der Waals surface area contributed by atoms with Gasteiger partial charge in [0.05, 0.1) is 22.0 Å². The SMILES string of the molecule is OC1CCC(Nc2nc(Cc3ccccc3)cc(Nc3nc4ccc(-c5ccncc5)cc4s3)n2)CC1. The number of nitrogens with one attached hydrogen (secondary N) is 2. The fraction of sp³-hybridized carbons (Fsp3) is 0.241. The van der Waals surface area contributed by atoms with E-state index < -0.39 is 0 Å². The number of anilines is 3. The highest BCUT2D eigenvalue weighted by Crippen LogP contribution is 2.32. The molecule has 0 saturated heterocycles. The van der Waals surface area contributed by atoms with Gasteiger partial charge in [-0.1, -0.05) is 47.7 Å². The quantitative estimate of drug-likeness (QED) is 0.241. The van der Waals surface area contributed by atoms with Crippen molar-refractivity contribution < 1.29 is 5.11 Å². The molecule has 0 spiro atoms. The van der Waals surface area contributed by atoms with E-state index >= 15 is 0 Å². The number of aliphatic hydroxyl groups is 1. The zero-order chi connectivity index (χ0) is 25.0. The molecule has 1 aliphatic rings. The first kappa shape index (κ1) is 23.5. The highest BCUT2D eigenvalue weighted by molar-refractivity contribution is 7.22. The number of nitrogens with zero attached hydrogens (tertiary/aromatic N) is 4. The molecule has 3 aromatic heterocycles. The van der Waals surface area contributed by atoms with Crippen LogP contribution in [0.5, 0.6) is 0 Å². The van der Waals surface area contributed by atoms with E-state index in [1.54, 1.807) is 11.3 Å². The van der Waals surface area contributed by atoms with Crippen molar-refractivity contribution in [3.8, 4) is 11.1 Å². The molecule has 0 radical (unpaired) electrons. The molecular weight excluding hydrogens is 480 g/mol. The summed E-state index contributed by atoms with van der Waals surface area (Å²) in [6, 6.07) is 22.9. The molecule has 8 heteroatoms. The maximum absolute atomic E-state index is 9.87. The van der Waals surface area contributed by atoms with Crippen LogP contribution in [-0.2, 0) is 6.42 Å². The largest absolute Gasteiger partial charge is 0.393 e. The average molecular weight is 509 g/mol. The van der Waals surface area contributed by atoms with E-state index in [0.29, 0.717) is 18.2 Å². The predicted molar refractivity (Wildman–Crippen MR) is 149 cm³/mol. The van der Waals surface area contributed by atoms with Crippen molar-refractivity contribution in [2.45, 2.75) is 44.2 Å². The van der Waals surface area contributed by atoms with Crippen LogP contribution in [0, 0.1) is 0 Å². The van der Waals surface area contributed by atoms with Crippen LogP contribution in [0.25, 0.3) is 21.3 Å². The van der Waals surface area contributed by atoms with E-state index in [0.717, 1.165) is 57.9 Å². The van der Waals surface area contributed by atoms with E-state index in [1.807, 2.05) is 48.8 Å². The maximum atomic E-state index is 9.87. The van der Waals surface area contributed by atoms with Crippen LogP contribution >= 0.6 is 11.3 Å². The minimum Gasteiger partial charge on any atom is -0.393 e. The molecule has 0 unspecified atom stereocenters. The summed E-state index contributed by atoms with van der Waals surface area (Å²) in [4.78, 5) is 18.5. The Morgan fingerprint density at radius 1 is 0.838 bits per heavy atom. The molecule has 186 valence electrons. The van der Waals surface area contributed by atoms with Gasteiger partial charge in [0.1, 0.15) is 5.82 Å². The number of benzene rings is 2. The minimum atomic E-state index is -0.196. The number of hydrogen-bond acceptors (Lipinski definition) is 8. The highest BCUT2D eigenvalue weighted by atomic mass is 32.1. The van der Waals surface area contributed by atoms with Gasteiger partial charge in [0.25, 0.3) is 0 Å². The molecule has 1 saturated carbocycles. The van der Waals surface area contributed by atoms with Crippen molar-refractivity contribution in [3.05, 3.63) is 90.4 Å². The monoisotopic (exact) mass is 508 g/mol. The molecule has 37 heavy (non-hydrogen) atoms. The molecule has 7 nitrogen and oxygen atoms in total. The van der Waals surface area contributed by atoms with Gasteiger partial charge in [-0.05, 0) is 66.6 Å². The highest BCUT2D eigenvalue weighted by Gasteiger charge is 2.20. The molecule has 3 heterocycles. The second-order valence-electron chi connectivity index (χ2n) is 9.44. The van der Waals surface area contributed by atoms with Crippen LogP contribution in [0.2, 0.25) is 0 Å². The Labute approximate surface area is 219 Å². The Balaban J connectivity index is 1.27. The van der Waals surface area contributed by atoms with Crippen LogP contribution in [-0.4, -0.2) is 37.2 Å². The Bertz CT molecular complexity index is 1480. The third-order valence-electron chi connectivity index (χ3n) is 6.67. The average Bonchev–Trinajstić information content (AvgIpc) is 3.32. The summed E-state index contributed by atoms with van der Waals surface area (Å²) in [5.74, 6) is 1.33. The lowest BCUT2D eigenvalue weighted by Gasteiger charge is -2.26. The second kappa shape index (κ2) is 10.6. The lowest BCUT2D eigenvalue weighted by molar-refractivity contribution is 0.126. The van der Waals surface area contributed by atoms with Crippen molar-refractivity contribution >= 4 is 38.5 Å². The van der Waals surface area contributed by atoms with Gasteiger partial charge in [-0.25, -0.2) is 9.97 Å². The lowest BCUT2D eigenvalue weighted by Crippen LogP contribution is -2.29.